The highest BCUT2D eigenvalue weighted by atomic mass is 16.5. The minimum absolute atomic E-state index is 0.108. The SMILES string of the molecule is COC(=O)c1ccc2nc3c4c(cccc4c2c1)[C@@H]1C[C@H]3c2cccc3c2c1nc1ccc(C(=O)OC)cc13. The molecule has 4 aromatic carbocycles. The largest absolute Gasteiger partial charge is 0.465 e. The van der Waals surface area contributed by atoms with E-state index in [1.807, 2.05) is 24.3 Å². The molecule has 0 spiro atoms. The first-order valence-electron chi connectivity index (χ1n) is 13.0. The molecule has 0 saturated heterocycles. The molecular weight excluding hydrogens is 488 g/mol. The van der Waals surface area contributed by atoms with Gasteiger partial charge in [-0.15, -0.1) is 0 Å². The molecule has 0 unspecified atom stereocenters. The molecule has 0 fully saturated rings. The Labute approximate surface area is 223 Å². The topological polar surface area (TPSA) is 78.4 Å². The molecule has 6 nitrogen and oxygen atoms in total. The van der Waals surface area contributed by atoms with Crippen LogP contribution < -0.4 is 0 Å². The molecule has 2 aromatic heterocycles. The van der Waals surface area contributed by atoms with Gasteiger partial charge in [0.05, 0.1) is 47.8 Å². The average molecular weight is 511 g/mol. The molecule has 2 heterocycles. The summed E-state index contributed by atoms with van der Waals surface area (Å²) in [6.45, 7) is 0. The van der Waals surface area contributed by atoms with Gasteiger partial charge in [0.15, 0.2) is 0 Å². The molecule has 0 aliphatic heterocycles. The summed E-state index contributed by atoms with van der Waals surface area (Å²) < 4.78 is 9.96. The van der Waals surface area contributed by atoms with Crippen molar-refractivity contribution in [3.63, 3.8) is 0 Å². The van der Waals surface area contributed by atoms with Gasteiger partial charge in [-0.05, 0) is 64.7 Å². The molecule has 8 rings (SSSR count). The van der Waals surface area contributed by atoms with Gasteiger partial charge >= 0.3 is 11.9 Å². The Morgan fingerprint density at radius 3 is 1.54 bits per heavy atom. The number of esters is 2. The molecule has 188 valence electrons. The highest BCUT2D eigenvalue weighted by Gasteiger charge is 2.39. The van der Waals surface area contributed by atoms with Gasteiger partial charge < -0.3 is 9.47 Å². The lowest BCUT2D eigenvalue weighted by Crippen LogP contribution is -2.23. The van der Waals surface area contributed by atoms with Crippen molar-refractivity contribution in [1.29, 1.82) is 0 Å². The minimum Gasteiger partial charge on any atom is -0.465 e. The van der Waals surface area contributed by atoms with E-state index >= 15 is 0 Å². The van der Waals surface area contributed by atoms with Crippen LogP contribution in [0.25, 0.3) is 43.4 Å². The van der Waals surface area contributed by atoms with E-state index in [2.05, 4.69) is 36.4 Å². The van der Waals surface area contributed by atoms with E-state index in [4.69, 9.17) is 19.4 Å². The van der Waals surface area contributed by atoms with E-state index < -0.39 is 0 Å². The Balaban J connectivity index is 1.45. The van der Waals surface area contributed by atoms with Crippen LogP contribution in [-0.2, 0) is 9.47 Å². The maximum absolute atomic E-state index is 12.3. The van der Waals surface area contributed by atoms with Crippen LogP contribution in [0.2, 0.25) is 0 Å². The molecule has 2 aliphatic carbocycles. The third-order valence-corrected chi connectivity index (χ3v) is 8.49. The van der Waals surface area contributed by atoms with Gasteiger partial charge in [0, 0.05) is 33.4 Å². The van der Waals surface area contributed by atoms with Gasteiger partial charge in [-0.3, -0.25) is 9.97 Å². The number of methoxy groups -OCH3 is 2. The Morgan fingerprint density at radius 1 is 0.641 bits per heavy atom. The maximum Gasteiger partial charge on any atom is 0.337 e. The number of nitrogens with zero attached hydrogens (tertiary/aromatic N) is 2. The van der Waals surface area contributed by atoms with Crippen LogP contribution in [0.5, 0.6) is 0 Å². The maximum atomic E-state index is 12.3. The zero-order valence-corrected chi connectivity index (χ0v) is 21.3. The third-order valence-electron chi connectivity index (χ3n) is 8.49. The van der Waals surface area contributed by atoms with Crippen LogP contribution in [0.15, 0.2) is 72.8 Å². The van der Waals surface area contributed by atoms with Crippen LogP contribution in [0.4, 0.5) is 0 Å². The molecule has 6 heteroatoms. The zero-order valence-electron chi connectivity index (χ0n) is 21.3. The molecule has 0 radical (unpaired) electrons. The monoisotopic (exact) mass is 510 g/mol. The van der Waals surface area contributed by atoms with Crippen molar-refractivity contribution in [3.05, 3.63) is 106 Å². The summed E-state index contributed by atoms with van der Waals surface area (Å²) in [5, 5.41) is 6.37. The summed E-state index contributed by atoms with van der Waals surface area (Å²) in [7, 11) is 2.79. The van der Waals surface area contributed by atoms with E-state index in [9.17, 15) is 9.59 Å². The predicted octanol–water partition coefficient (Wildman–Crippen LogP) is 6.64. The number of carbonyl (C=O) groups excluding carboxylic acids is 2. The number of hydrogen-bond acceptors (Lipinski definition) is 6. The molecule has 0 saturated carbocycles. The summed E-state index contributed by atoms with van der Waals surface area (Å²) in [4.78, 5) is 35.0. The number of benzene rings is 4. The second-order valence-corrected chi connectivity index (χ2v) is 10.3. The fraction of sp³-hybridized carbons (Fsp3) is 0.152. The zero-order chi connectivity index (χ0) is 26.4. The lowest BCUT2D eigenvalue weighted by atomic mass is 9.68. The van der Waals surface area contributed by atoms with E-state index in [0.29, 0.717) is 11.1 Å². The summed E-state index contributed by atoms with van der Waals surface area (Å²) >= 11 is 0. The third kappa shape index (κ3) is 2.91. The predicted molar refractivity (Wildman–Crippen MR) is 149 cm³/mol. The second-order valence-electron chi connectivity index (χ2n) is 10.3. The Kier molecular flexibility index (Phi) is 4.45. The normalized spacial score (nSPS) is 17.1. The van der Waals surface area contributed by atoms with Gasteiger partial charge in [0.25, 0.3) is 0 Å². The van der Waals surface area contributed by atoms with Crippen molar-refractivity contribution < 1.29 is 19.1 Å². The van der Waals surface area contributed by atoms with Gasteiger partial charge in [0.1, 0.15) is 0 Å². The first kappa shape index (κ1) is 22.2. The lowest BCUT2D eigenvalue weighted by molar-refractivity contribution is 0.0592. The summed E-state index contributed by atoms with van der Waals surface area (Å²) in [6, 6.07) is 24.0. The average Bonchev–Trinajstić information content (AvgIpc) is 2.99. The molecule has 2 atom stereocenters. The Bertz CT molecular complexity index is 1930. The standard InChI is InChI=1S/C33H22N2O4/c1-38-32(36)16-9-11-26-22(13-16)18-5-3-7-20-24-15-25(30(34-26)28(18)20)21-8-4-6-19-23-14-17(33(37)39-2)10-12-27(23)35-31(24)29(19)21/h3-14,24-25H,15H2,1-2H3/t24-,25-/m0/s1. The highest BCUT2D eigenvalue weighted by Crippen LogP contribution is 2.54. The molecule has 6 aromatic rings. The van der Waals surface area contributed by atoms with Crippen LogP contribution >= 0.6 is 0 Å². The quantitative estimate of drug-likeness (QED) is 0.192. The first-order valence-corrected chi connectivity index (χ1v) is 13.0. The number of rotatable bonds is 2. The van der Waals surface area contributed by atoms with Crippen LogP contribution in [0.1, 0.15) is 61.5 Å². The van der Waals surface area contributed by atoms with E-state index in [0.717, 1.165) is 61.2 Å². The second kappa shape index (κ2) is 7.84. The Hall–Kier alpha value is -4.84. The number of hydrogen-bond donors (Lipinski definition) is 0. The molecule has 39 heavy (non-hydrogen) atoms. The fourth-order valence-electron chi connectivity index (χ4n) is 6.81. The smallest absolute Gasteiger partial charge is 0.337 e. The summed E-state index contributed by atoms with van der Waals surface area (Å²) in [5.41, 5.74) is 7.30. The van der Waals surface area contributed by atoms with Crippen molar-refractivity contribution in [2.45, 2.75) is 18.3 Å². The van der Waals surface area contributed by atoms with Crippen molar-refractivity contribution >= 4 is 55.3 Å². The number of carbonyl (C=O) groups is 2. The first-order chi connectivity index (χ1) is 19.1. The molecular formula is C33H22N2O4. The van der Waals surface area contributed by atoms with Gasteiger partial charge in [0.2, 0.25) is 0 Å². The van der Waals surface area contributed by atoms with E-state index in [1.54, 1.807) is 12.1 Å². The number of pyridine rings is 2. The molecule has 2 bridgehead atoms. The van der Waals surface area contributed by atoms with Gasteiger partial charge in [-0.2, -0.15) is 0 Å². The number of fused-ring (bicyclic) bond motifs is 10. The number of aromatic nitrogens is 2. The van der Waals surface area contributed by atoms with E-state index in [1.165, 1.54) is 25.3 Å². The van der Waals surface area contributed by atoms with Crippen LogP contribution in [0, 0.1) is 0 Å². The van der Waals surface area contributed by atoms with Gasteiger partial charge in [-0.25, -0.2) is 9.59 Å². The molecule has 2 aliphatic rings. The van der Waals surface area contributed by atoms with Gasteiger partial charge in [-0.1, -0.05) is 36.4 Å². The van der Waals surface area contributed by atoms with Crippen molar-refractivity contribution in [1.82, 2.24) is 9.97 Å². The summed E-state index contributed by atoms with van der Waals surface area (Å²) in [5.74, 6) is -0.504. The van der Waals surface area contributed by atoms with Crippen molar-refractivity contribution in [3.8, 4) is 0 Å². The summed E-state index contributed by atoms with van der Waals surface area (Å²) in [6.07, 6.45) is 0.899. The van der Waals surface area contributed by atoms with E-state index in [-0.39, 0.29) is 23.8 Å². The van der Waals surface area contributed by atoms with Crippen molar-refractivity contribution in [2.75, 3.05) is 14.2 Å². The molecule has 0 amide bonds. The van der Waals surface area contributed by atoms with Crippen molar-refractivity contribution in [2.24, 2.45) is 0 Å². The lowest BCUT2D eigenvalue weighted by Gasteiger charge is -2.37. The highest BCUT2D eigenvalue weighted by molar-refractivity contribution is 6.14. The van der Waals surface area contributed by atoms with Crippen LogP contribution in [-0.4, -0.2) is 36.1 Å². The Morgan fingerprint density at radius 2 is 1.10 bits per heavy atom. The van der Waals surface area contributed by atoms with Crippen LogP contribution in [0.3, 0.4) is 0 Å². The minimum atomic E-state index is -0.360. The fourth-order valence-corrected chi connectivity index (χ4v) is 6.81. The number of ether oxygens (including phenoxy) is 2. The molecule has 0 N–H and O–H groups in total.